The zero-order valence-corrected chi connectivity index (χ0v) is 12.6. The Bertz CT molecular complexity index is 520. The van der Waals surface area contributed by atoms with E-state index in [4.69, 9.17) is 0 Å². The van der Waals surface area contributed by atoms with E-state index in [-0.39, 0.29) is 16.8 Å². The number of nitrogens with zero attached hydrogens (tertiary/aromatic N) is 1. The second-order valence-corrected chi connectivity index (χ2v) is 7.28. The van der Waals surface area contributed by atoms with Gasteiger partial charge < -0.3 is 5.32 Å². The van der Waals surface area contributed by atoms with E-state index in [1.807, 2.05) is 13.8 Å². The molecule has 0 bridgehead atoms. The lowest BCUT2D eigenvalue weighted by Crippen LogP contribution is -2.31. The summed E-state index contributed by atoms with van der Waals surface area (Å²) in [5.74, 6) is -0.227. The van der Waals surface area contributed by atoms with Crippen molar-refractivity contribution in [3.05, 3.63) is 16.3 Å². The quantitative estimate of drug-likeness (QED) is 0.894. The van der Waals surface area contributed by atoms with Crippen molar-refractivity contribution in [2.75, 3.05) is 14.1 Å². The van der Waals surface area contributed by atoms with Crippen LogP contribution in [0.4, 0.5) is 0 Å². The number of carbonyl (C=O) groups excluding carboxylic acids is 1. The third-order valence-corrected chi connectivity index (χ3v) is 5.44. The van der Waals surface area contributed by atoms with Gasteiger partial charge in [-0.25, -0.2) is 12.7 Å². The molecule has 1 aromatic heterocycles. The molecule has 1 aromatic rings. The van der Waals surface area contributed by atoms with Crippen molar-refractivity contribution in [1.29, 1.82) is 0 Å². The molecule has 1 N–H and O–H groups in total. The number of carbonyl (C=O) groups is 1. The summed E-state index contributed by atoms with van der Waals surface area (Å²) >= 11 is 1.14. The number of amides is 1. The molecule has 0 aliphatic rings. The van der Waals surface area contributed by atoms with Crippen molar-refractivity contribution >= 4 is 27.3 Å². The molecule has 1 heterocycles. The highest BCUT2D eigenvalue weighted by atomic mass is 32.2. The van der Waals surface area contributed by atoms with Crippen molar-refractivity contribution in [2.24, 2.45) is 0 Å². The van der Waals surface area contributed by atoms with Crippen molar-refractivity contribution in [3.63, 3.8) is 0 Å². The van der Waals surface area contributed by atoms with Crippen molar-refractivity contribution in [2.45, 2.75) is 31.2 Å². The molecule has 1 atom stereocenters. The average molecular weight is 290 g/mol. The molecule has 0 aliphatic carbocycles. The second-order valence-electron chi connectivity index (χ2n) is 4.22. The Balaban J connectivity index is 2.91. The van der Waals surface area contributed by atoms with Gasteiger partial charge in [0.05, 0.1) is 9.77 Å². The van der Waals surface area contributed by atoms with Gasteiger partial charge in [0, 0.05) is 25.5 Å². The van der Waals surface area contributed by atoms with Crippen LogP contribution in [-0.4, -0.2) is 38.8 Å². The predicted octanol–water partition coefficient (Wildman–Crippen LogP) is 1.53. The van der Waals surface area contributed by atoms with Crippen LogP contribution in [0.2, 0.25) is 0 Å². The predicted molar refractivity (Wildman–Crippen MR) is 72.4 cm³/mol. The van der Waals surface area contributed by atoms with Gasteiger partial charge in [-0.15, -0.1) is 11.3 Å². The second kappa shape index (κ2) is 5.81. The standard InChI is InChI=1S/C11H18N2O3S2/c1-5-8(2)12-11(14)10-6-9(7-17-10)18(15,16)13(3)4/h6-8H,5H2,1-4H3,(H,12,14). The summed E-state index contributed by atoms with van der Waals surface area (Å²) in [7, 11) is -0.531. The summed E-state index contributed by atoms with van der Waals surface area (Å²) in [6, 6.07) is 1.49. The highest BCUT2D eigenvalue weighted by molar-refractivity contribution is 7.89. The van der Waals surface area contributed by atoms with E-state index in [1.54, 1.807) is 0 Å². The van der Waals surface area contributed by atoms with Gasteiger partial charge in [0.1, 0.15) is 0 Å². The lowest BCUT2D eigenvalue weighted by molar-refractivity contribution is 0.0943. The van der Waals surface area contributed by atoms with Crippen LogP contribution < -0.4 is 5.32 Å². The molecular formula is C11H18N2O3S2. The molecule has 0 aliphatic heterocycles. The average Bonchev–Trinajstić information content (AvgIpc) is 2.78. The minimum Gasteiger partial charge on any atom is -0.349 e. The zero-order chi connectivity index (χ0) is 13.9. The molecular weight excluding hydrogens is 272 g/mol. The third kappa shape index (κ3) is 3.30. The van der Waals surface area contributed by atoms with E-state index in [9.17, 15) is 13.2 Å². The van der Waals surface area contributed by atoms with E-state index in [0.717, 1.165) is 22.1 Å². The Hall–Kier alpha value is -0.920. The van der Waals surface area contributed by atoms with Crippen LogP contribution in [0, 0.1) is 0 Å². The molecule has 1 amide bonds. The molecule has 1 rings (SSSR count). The largest absolute Gasteiger partial charge is 0.349 e. The minimum absolute atomic E-state index is 0.0773. The SMILES string of the molecule is CCC(C)NC(=O)c1cc(S(=O)(=O)N(C)C)cs1. The van der Waals surface area contributed by atoms with Gasteiger partial charge in [0.15, 0.2) is 0 Å². The first-order chi connectivity index (χ1) is 8.28. The highest BCUT2D eigenvalue weighted by Crippen LogP contribution is 2.21. The summed E-state index contributed by atoms with van der Waals surface area (Å²) in [6.45, 7) is 3.88. The summed E-state index contributed by atoms with van der Waals surface area (Å²) in [4.78, 5) is 12.4. The van der Waals surface area contributed by atoms with E-state index in [1.165, 1.54) is 25.5 Å². The van der Waals surface area contributed by atoms with Crippen LogP contribution in [0.25, 0.3) is 0 Å². The van der Waals surface area contributed by atoms with Gasteiger partial charge in [0.2, 0.25) is 10.0 Å². The number of rotatable bonds is 5. The summed E-state index contributed by atoms with van der Waals surface area (Å²) in [5.41, 5.74) is 0. The van der Waals surface area contributed by atoms with Crippen LogP contribution in [0.15, 0.2) is 16.3 Å². The maximum absolute atomic E-state index is 11.8. The Labute approximate surface area is 112 Å². The molecule has 0 aromatic carbocycles. The zero-order valence-electron chi connectivity index (χ0n) is 10.9. The van der Waals surface area contributed by atoms with Crippen LogP contribution >= 0.6 is 11.3 Å². The maximum atomic E-state index is 11.8. The minimum atomic E-state index is -3.46. The Kier molecular flexibility index (Phi) is 4.89. The first-order valence-corrected chi connectivity index (χ1v) is 7.93. The number of sulfonamides is 1. The molecule has 102 valence electrons. The molecule has 5 nitrogen and oxygen atoms in total. The fourth-order valence-electron chi connectivity index (χ4n) is 1.18. The molecule has 18 heavy (non-hydrogen) atoms. The maximum Gasteiger partial charge on any atom is 0.261 e. The molecule has 0 spiro atoms. The van der Waals surface area contributed by atoms with E-state index in [2.05, 4.69) is 5.32 Å². The van der Waals surface area contributed by atoms with Crippen LogP contribution in [-0.2, 0) is 10.0 Å². The van der Waals surface area contributed by atoms with Gasteiger partial charge in [-0.1, -0.05) is 6.92 Å². The van der Waals surface area contributed by atoms with Crippen LogP contribution in [0.3, 0.4) is 0 Å². The summed E-state index contributed by atoms with van der Waals surface area (Å²) in [5, 5.41) is 4.29. The summed E-state index contributed by atoms with van der Waals surface area (Å²) in [6.07, 6.45) is 0.833. The molecule has 0 radical (unpaired) electrons. The Morgan fingerprint density at radius 2 is 2.11 bits per heavy atom. The van der Waals surface area contributed by atoms with Gasteiger partial charge in [0.25, 0.3) is 5.91 Å². The van der Waals surface area contributed by atoms with E-state index < -0.39 is 10.0 Å². The van der Waals surface area contributed by atoms with Gasteiger partial charge >= 0.3 is 0 Å². The normalized spacial score (nSPS) is 13.6. The molecule has 0 fully saturated rings. The van der Waals surface area contributed by atoms with E-state index >= 15 is 0 Å². The first kappa shape index (κ1) is 15.1. The molecule has 0 saturated heterocycles. The monoisotopic (exact) mass is 290 g/mol. The van der Waals surface area contributed by atoms with Crippen molar-refractivity contribution in [3.8, 4) is 0 Å². The number of hydrogen-bond acceptors (Lipinski definition) is 4. The van der Waals surface area contributed by atoms with Crippen LogP contribution in [0.5, 0.6) is 0 Å². The topological polar surface area (TPSA) is 66.5 Å². The van der Waals surface area contributed by atoms with Gasteiger partial charge in [-0.3, -0.25) is 4.79 Å². The lowest BCUT2D eigenvalue weighted by Gasteiger charge is -2.10. The third-order valence-electron chi connectivity index (χ3n) is 2.57. The Morgan fingerprint density at radius 3 is 2.61 bits per heavy atom. The van der Waals surface area contributed by atoms with Gasteiger partial charge in [-0.05, 0) is 19.4 Å². The van der Waals surface area contributed by atoms with Crippen molar-refractivity contribution < 1.29 is 13.2 Å². The number of hydrogen-bond donors (Lipinski definition) is 1. The van der Waals surface area contributed by atoms with Gasteiger partial charge in [-0.2, -0.15) is 0 Å². The Morgan fingerprint density at radius 1 is 1.50 bits per heavy atom. The fraction of sp³-hybridized carbons (Fsp3) is 0.545. The smallest absolute Gasteiger partial charge is 0.261 e. The highest BCUT2D eigenvalue weighted by Gasteiger charge is 2.21. The van der Waals surface area contributed by atoms with Crippen molar-refractivity contribution in [1.82, 2.24) is 9.62 Å². The first-order valence-electron chi connectivity index (χ1n) is 5.61. The fourth-order valence-corrected chi connectivity index (χ4v) is 3.25. The molecule has 0 saturated carbocycles. The molecule has 7 heteroatoms. The number of nitrogens with one attached hydrogen (secondary N) is 1. The lowest BCUT2D eigenvalue weighted by atomic mass is 10.2. The summed E-state index contributed by atoms with van der Waals surface area (Å²) < 4.78 is 24.8. The van der Waals surface area contributed by atoms with E-state index in [0.29, 0.717) is 4.88 Å². The molecule has 1 unspecified atom stereocenters. The number of thiophene rings is 1. The van der Waals surface area contributed by atoms with Crippen LogP contribution in [0.1, 0.15) is 29.9 Å².